The van der Waals surface area contributed by atoms with E-state index < -0.39 is 10.0 Å². The molecule has 2 aromatic rings. The first-order valence-electron chi connectivity index (χ1n) is 5.01. The lowest BCUT2D eigenvalue weighted by Gasteiger charge is -2.09. The molecule has 0 unspecified atom stereocenters. The van der Waals surface area contributed by atoms with E-state index in [0.717, 1.165) is 11.3 Å². The van der Waals surface area contributed by atoms with Gasteiger partial charge in [-0.3, -0.25) is 4.72 Å². The first-order valence-corrected chi connectivity index (χ1v) is 8.44. The third kappa shape index (κ3) is 3.19. The molecule has 0 aliphatic rings. The zero-order valence-electron chi connectivity index (χ0n) is 9.52. The number of nitrogens with zero attached hydrogens (tertiary/aromatic N) is 1. The summed E-state index contributed by atoms with van der Waals surface area (Å²) in [4.78, 5) is 0.297. The van der Waals surface area contributed by atoms with Crippen LogP contribution in [0.15, 0.2) is 28.5 Å². The summed E-state index contributed by atoms with van der Waals surface area (Å²) >= 11 is 18.4. The van der Waals surface area contributed by atoms with Crippen LogP contribution in [0.25, 0.3) is 0 Å². The molecule has 0 aliphatic carbocycles. The maximum absolute atomic E-state index is 12.1. The average Bonchev–Trinajstić information content (AvgIpc) is 2.85. The number of hydrogen-bond donors (Lipinski definition) is 1. The van der Waals surface area contributed by atoms with Gasteiger partial charge in [0.2, 0.25) is 0 Å². The van der Waals surface area contributed by atoms with Gasteiger partial charge in [-0.1, -0.05) is 34.8 Å². The Morgan fingerprint density at radius 1 is 1.10 bits per heavy atom. The summed E-state index contributed by atoms with van der Waals surface area (Å²) in [7, 11) is -3.82. The number of halogens is 3. The Kier molecular flexibility index (Phi) is 4.47. The molecule has 0 spiro atoms. The van der Waals surface area contributed by atoms with Gasteiger partial charge in [-0.2, -0.15) is 5.26 Å². The minimum absolute atomic E-state index is 0.0104. The Morgan fingerprint density at radius 2 is 1.75 bits per heavy atom. The highest BCUT2D eigenvalue weighted by molar-refractivity contribution is 7.94. The van der Waals surface area contributed by atoms with Crippen molar-refractivity contribution in [2.75, 3.05) is 4.72 Å². The molecule has 1 aromatic heterocycles. The number of sulfonamides is 1. The van der Waals surface area contributed by atoms with E-state index in [4.69, 9.17) is 40.1 Å². The van der Waals surface area contributed by atoms with Gasteiger partial charge >= 0.3 is 0 Å². The van der Waals surface area contributed by atoms with Crippen LogP contribution in [0.3, 0.4) is 0 Å². The summed E-state index contributed by atoms with van der Waals surface area (Å²) in [5.74, 6) is 0. The van der Waals surface area contributed by atoms with Crippen LogP contribution < -0.4 is 4.72 Å². The fourth-order valence-electron chi connectivity index (χ4n) is 1.32. The lowest BCUT2D eigenvalue weighted by atomic mass is 10.3. The fourth-order valence-corrected chi connectivity index (χ4v) is 4.14. The predicted molar refractivity (Wildman–Crippen MR) is 81.3 cm³/mol. The van der Waals surface area contributed by atoms with Crippen LogP contribution >= 0.6 is 46.1 Å². The molecule has 1 heterocycles. The van der Waals surface area contributed by atoms with Crippen molar-refractivity contribution in [2.45, 2.75) is 4.21 Å². The highest BCUT2D eigenvalue weighted by Crippen LogP contribution is 2.34. The normalized spacial score (nSPS) is 11.1. The van der Waals surface area contributed by atoms with Gasteiger partial charge in [0.25, 0.3) is 10.0 Å². The van der Waals surface area contributed by atoms with E-state index in [1.54, 1.807) is 0 Å². The van der Waals surface area contributed by atoms with Crippen LogP contribution in [-0.4, -0.2) is 8.42 Å². The third-order valence-corrected chi connectivity index (χ3v) is 6.09. The van der Waals surface area contributed by atoms with Gasteiger partial charge in [0.05, 0.1) is 20.8 Å². The highest BCUT2D eigenvalue weighted by atomic mass is 35.5. The minimum atomic E-state index is -3.82. The molecule has 0 bridgehead atoms. The molecule has 2 rings (SSSR count). The van der Waals surface area contributed by atoms with Crippen LogP contribution in [0.2, 0.25) is 15.1 Å². The molecule has 1 N–H and O–H groups in total. The van der Waals surface area contributed by atoms with E-state index in [1.165, 1.54) is 24.3 Å². The minimum Gasteiger partial charge on any atom is -0.277 e. The molecule has 9 heteroatoms. The highest BCUT2D eigenvalue weighted by Gasteiger charge is 2.19. The number of rotatable bonds is 3. The number of hydrogen-bond acceptors (Lipinski definition) is 4. The van der Waals surface area contributed by atoms with Gasteiger partial charge < -0.3 is 0 Å². The fraction of sp³-hybridized carbons (Fsp3) is 0. The van der Waals surface area contributed by atoms with Gasteiger partial charge in [-0.25, -0.2) is 8.42 Å². The summed E-state index contributed by atoms with van der Waals surface area (Å²) in [6.45, 7) is 0. The molecule has 0 aliphatic heterocycles. The summed E-state index contributed by atoms with van der Waals surface area (Å²) < 4.78 is 26.6. The van der Waals surface area contributed by atoms with Crippen LogP contribution in [0.1, 0.15) is 4.88 Å². The van der Waals surface area contributed by atoms with Crippen molar-refractivity contribution in [3.05, 3.63) is 44.2 Å². The molecule has 20 heavy (non-hydrogen) atoms. The number of nitriles is 1. The monoisotopic (exact) mass is 366 g/mol. The second-order valence-corrected chi connectivity index (χ2v) is 7.80. The quantitative estimate of drug-likeness (QED) is 0.818. The second-order valence-electron chi connectivity index (χ2n) is 3.58. The molecule has 0 atom stereocenters. The van der Waals surface area contributed by atoms with Crippen LogP contribution in [0.4, 0.5) is 5.69 Å². The van der Waals surface area contributed by atoms with E-state index in [-0.39, 0.29) is 25.0 Å². The molecular weight excluding hydrogens is 363 g/mol. The third-order valence-electron chi connectivity index (χ3n) is 2.21. The van der Waals surface area contributed by atoms with E-state index in [9.17, 15) is 8.42 Å². The van der Waals surface area contributed by atoms with E-state index in [2.05, 4.69) is 4.72 Å². The largest absolute Gasteiger partial charge is 0.277 e. The maximum atomic E-state index is 12.1. The predicted octanol–water partition coefficient (Wildman–Crippen LogP) is 4.38. The average molecular weight is 368 g/mol. The Hall–Kier alpha value is -0.970. The Morgan fingerprint density at radius 3 is 2.35 bits per heavy atom. The van der Waals surface area contributed by atoms with Crippen molar-refractivity contribution in [1.29, 1.82) is 5.26 Å². The maximum Gasteiger partial charge on any atom is 0.271 e. The Bertz CT molecular complexity index is 810. The van der Waals surface area contributed by atoms with E-state index >= 15 is 0 Å². The van der Waals surface area contributed by atoms with Crippen molar-refractivity contribution in [3.63, 3.8) is 0 Å². The second kappa shape index (κ2) is 5.80. The van der Waals surface area contributed by atoms with Gasteiger partial charge in [-0.15, -0.1) is 11.3 Å². The molecule has 0 saturated heterocycles. The molecule has 0 fully saturated rings. The first kappa shape index (κ1) is 15.4. The summed E-state index contributed by atoms with van der Waals surface area (Å²) in [5.41, 5.74) is 0.118. The van der Waals surface area contributed by atoms with Crippen molar-refractivity contribution < 1.29 is 8.42 Å². The number of benzene rings is 1. The molecule has 4 nitrogen and oxygen atoms in total. The van der Waals surface area contributed by atoms with Gasteiger partial charge in [0, 0.05) is 0 Å². The molecule has 1 aromatic carbocycles. The smallest absolute Gasteiger partial charge is 0.271 e. The number of nitrogens with one attached hydrogen (secondary N) is 1. The lowest BCUT2D eigenvalue weighted by molar-refractivity contribution is 0.603. The molecule has 104 valence electrons. The number of thiophene rings is 1. The molecule has 0 amide bonds. The molecule has 0 radical (unpaired) electrons. The zero-order valence-corrected chi connectivity index (χ0v) is 13.4. The first-order chi connectivity index (χ1) is 9.33. The SMILES string of the molecule is N#Cc1ccc(S(=O)(=O)Nc2cc(Cl)c(Cl)cc2Cl)s1. The summed E-state index contributed by atoms with van der Waals surface area (Å²) in [6.07, 6.45) is 0. The van der Waals surface area contributed by atoms with Crippen molar-refractivity contribution in [2.24, 2.45) is 0 Å². The lowest BCUT2D eigenvalue weighted by Crippen LogP contribution is -2.11. The zero-order chi connectivity index (χ0) is 14.9. The van der Waals surface area contributed by atoms with E-state index in [0.29, 0.717) is 4.88 Å². The Labute approximate surface area is 134 Å². The van der Waals surface area contributed by atoms with Crippen molar-refractivity contribution >= 4 is 61.9 Å². The summed E-state index contributed by atoms with van der Waals surface area (Å²) in [5, 5.41) is 9.24. The number of anilines is 1. The molecular formula is C11H5Cl3N2O2S2. The van der Waals surface area contributed by atoms with Crippen LogP contribution in [-0.2, 0) is 10.0 Å². The topological polar surface area (TPSA) is 70.0 Å². The standard InChI is InChI=1S/C11H5Cl3N2O2S2/c12-7-3-9(14)10(4-8(7)13)16-20(17,18)11-2-1-6(5-15)19-11/h1-4,16H. The van der Waals surface area contributed by atoms with Crippen LogP contribution in [0, 0.1) is 11.3 Å². The Balaban J connectivity index is 2.38. The van der Waals surface area contributed by atoms with Crippen molar-refractivity contribution in [1.82, 2.24) is 0 Å². The van der Waals surface area contributed by atoms with Gasteiger partial charge in [-0.05, 0) is 24.3 Å². The van der Waals surface area contributed by atoms with Gasteiger partial charge in [0.15, 0.2) is 0 Å². The van der Waals surface area contributed by atoms with Crippen LogP contribution in [0.5, 0.6) is 0 Å². The van der Waals surface area contributed by atoms with E-state index in [1.807, 2.05) is 6.07 Å². The summed E-state index contributed by atoms with van der Waals surface area (Å²) in [6, 6.07) is 7.31. The van der Waals surface area contributed by atoms with Crippen molar-refractivity contribution in [3.8, 4) is 6.07 Å². The van der Waals surface area contributed by atoms with Gasteiger partial charge in [0.1, 0.15) is 15.2 Å². The molecule has 0 saturated carbocycles.